The van der Waals surface area contributed by atoms with Crippen LogP contribution in [0.1, 0.15) is 35.8 Å². The molecule has 3 fully saturated rings. The van der Waals surface area contributed by atoms with E-state index in [2.05, 4.69) is 24.3 Å². The van der Waals surface area contributed by atoms with Crippen LogP contribution in [0.15, 0.2) is 24.3 Å². The molecule has 0 amide bonds. The molecule has 1 unspecified atom stereocenters. The van der Waals surface area contributed by atoms with E-state index in [-0.39, 0.29) is 6.10 Å². The molecule has 0 spiro atoms. The first-order chi connectivity index (χ1) is 6.86. The molecule has 3 saturated carbocycles. The van der Waals surface area contributed by atoms with Crippen LogP contribution < -0.4 is 0 Å². The Kier molecular flexibility index (Phi) is 1.18. The second-order valence-electron chi connectivity index (χ2n) is 5.15. The lowest BCUT2D eigenvalue weighted by Gasteiger charge is -2.60. The molecule has 1 N–H and O–H groups in total. The van der Waals surface area contributed by atoms with Crippen LogP contribution in [-0.2, 0) is 0 Å². The van der Waals surface area contributed by atoms with Crippen LogP contribution in [0.25, 0.3) is 0 Å². The van der Waals surface area contributed by atoms with Gasteiger partial charge in [0.05, 0.1) is 6.10 Å². The van der Waals surface area contributed by atoms with Crippen molar-refractivity contribution in [1.82, 2.24) is 0 Å². The minimum atomic E-state index is -0.0418. The van der Waals surface area contributed by atoms with E-state index in [0.717, 1.165) is 5.92 Å². The highest BCUT2D eigenvalue weighted by Gasteiger charge is 2.57. The minimum absolute atomic E-state index is 0.0418. The van der Waals surface area contributed by atoms with Crippen molar-refractivity contribution in [3.05, 3.63) is 35.4 Å². The molecule has 1 aromatic rings. The van der Waals surface area contributed by atoms with E-state index in [9.17, 15) is 5.11 Å². The molecule has 5 atom stereocenters. The summed E-state index contributed by atoms with van der Waals surface area (Å²) >= 11 is 0. The van der Waals surface area contributed by atoms with Gasteiger partial charge >= 0.3 is 0 Å². The first kappa shape index (κ1) is 7.47. The molecule has 0 aromatic heterocycles. The number of rotatable bonds is 0. The molecular formula is C13H14O. The molecular weight excluding hydrogens is 172 g/mol. The monoisotopic (exact) mass is 186 g/mol. The van der Waals surface area contributed by atoms with Crippen LogP contribution in [0.2, 0.25) is 0 Å². The Morgan fingerprint density at radius 2 is 1.86 bits per heavy atom. The van der Waals surface area contributed by atoms with Crippen molar-refractivity contribution in [1.29, 1.82) is 0 Å². The number of hydrogen-bond acceptors (Lipinski definition) is 1. The van der Waals surface area contributed by atoms with Crippen molar-refractivity contribution in [2.45, 2.75) is 30.8 Å². The van der Waals surface area contributed by atoms with Gasteiger partial charge in [-0.15, -0.1) is 0 Å². The van der Waals surface area contributed by atoms with E-state index in [1.165, 1.54) is 18.4 Å². The van der Waals surface area contributed by atoms with Gasteiger partial charge in [0.15, 0.2) is 0 Å². The van der Waals surface area contributed by atoms with Crippen molar-refractivity contribution in [2.24, 2.45) is 11.8 Å². The highest BCUT2D eigenvalue weighted by atomic mass is 16.3. The Bertz CT molecular complexity index is 373. The molecule has 0 saturated heterocycles. The van der Waals surface area contributed by atoms with Gasteiger partial charge in [-0.3, -0.25) is 0 Å². The third kappa shape index (κ3) is 0.651. The van der Waals surface area contributed by atoms with E-state index >= 15 is 0 Å². The predicted molar refractivity (Wildman–Crippen MR) is 54.1 cm³/mol. The minimum Gasteiger partial charge on any atom is -0.392 e. The van der Waals surface area contributed by atoms with Crippen molar-refractivity contribution >= 4 is 0 Å². The number of aliphatic hydroxyl groups is 1. The van der Waals surface area contributed by atoms with E-state index in [0.29, 0.717) is 17.8 Å². The molecule has 0 heterocycles. The lowest BCUT2D eigenvalue weighted by Crippen LogP contribution is -2.54. The molecule has 5 aliphatic carbocycles. The van der Waals surface area contributed by atoms with Gasteiger partial charge in [0.25, 0.3) is 0 Å². The summed E-state index contributed by atoms with van der Waals surface area (Å²) in [5.41, 5.74) is 2.99. The fourth-order valence-electron chi connectivity index (χ4n) is 4.10. The predicted octanol–water partition coefficient (Wildman–Crippen LogP) is 2.27. The van der Waals surface area contributed by atoms with E-state index in [4.69, 9.17) is 0 Å². The van der Waals surface area contributed by atoms with Gasteiger partial charge in [-0.2, -0.15) is 0 Å². The van der Waals surface area contributed by atoms with Gasteiger partial charge in [-0.25, -0.2) is 0 Å². The van der Waals surface area contributed by atoms with E-state index in [1.807, 2.05) is 0 Å². The summed E-state index contributed by atoms with van der Waals surface area (Å²) in [5, 5.41) is 10.2. The number of benzene rings is 1. The normalized spacial score (nSPS) is 47.1. The molecule has 0 radical (unpaired) electrons. The fourth-order valence-corrected chi connectivity index (χ4v) is 4.10. The van der Waals surface area contributed by atoms with Gasteiger partial charge < -0.3 is 5.11 Å². The molecule has 6 rings (SSSR count). The smallest absolute Gasteiger partial charge is 0.0643 e. The van der Waals surface area contributed by atoms with Gasteiger partial charge in [0.2, 0.25) is 0 Å². The first-order valence-electron chi connectivity index (χ1n) is 5.63. The van der Waals surface area contributed by atoms with E-state index < -0.39 is 0 Å². The van der Waals surface area contributed by atoms with Crippen molar-refractivity contribution in [3.63, 3.8) is 0 Å². The van der Waals surface area contributed by atoms with Crippen LogP contribution in [0.4, 0.5) is 0 Å². The second kappa shape index (κ2) is 2.22. The van der Waals surface area contributed by atoms with Crippen LogP contribution in [0.3, 0.4) is 0 Å². The summed E-state index contributed by atoms with van der Waals surface area (Å²) in [6.45, 7) is 0. The Labute approximate surface area is 83.8 Å². The quantitative estimate of drug-likeness (QED) is 0.659. The lowest BCUT2D eigenvalue weighted by atomic mass is 9.45. The molecule has 1 aromatic carbocycles. The summed E-state index contributed by atoms with van der Waals surface area (Å²) in [7, 11) is 0. The van der Waals surface area contributed by atoms with Crippen LogP contribution in [0.5, 0.6) is 0 Å². The van der Waals surface area contributed by atoms with Crippen molar-refractivity contribution < 1.29 is 5.11 Å². The zero-order valence-electron chi connectivity index (χ0n) is 8.06. The molecule has 0 aliphatic heterocycles. The van der Waals surface area contributed by atoms with Crippen LogP contribution >= 0.6 is 0 Å². The average Bonchev–Trinajstić information content (AvgIpc) is 2.17. The molecule has 1 nitrogen and oxygen atoms in total. The maximum absolute atomic E-state index is 10.2. The highest BCUT2D eigenvalue weighted by molar-refractivity contribution is 5.43. The summed E-state index contributed by atoms with van der Waals surface area (Å²) in [4.78, 5) is 0. The standard InChI is InChI=1S/C13H14O/c14-13-10-5-7-6-11(13)12(7)9-4-2-1-3-8(9)10/h1-4,7,10-14H,5-6H2/t7-,10-,11+,12+,13?/m0/s1. The molecule has 1 heteroatoms. The largest absolute Gasteiger partial charge is 0.392 e. The maximum atomic E-state index is 10.2. The van der Waals surface area contributed by atoms with Gasteiger partial charge in [-0.05, 0) is 41.7 Å². The maximum Gasteiger partial charge on any atom is 0.0643 e. The molecule has 4 bridgehead atoms. The fraction of sp³-hybridized carbons (Fsp3) is 0.538. The summed E-state index contributed by atoms with van der Waals surface area (Å²) < 4.78 is 0. The molecule has 5 aliphatic rings. The SMILES string of the molecule is OC1[C@H]2C[C@H]3C[C@@H]1[C@H]3c1ccccc12. The second-order valence-corrected chi connectivity index (χ2v) is 5.15. The Morgan fingerprint density at radius 1 is 1.07 bits per heavy atom. The zero-order valence-corrected chi connectivity index (χ0v) is 8.06. The number of aliphatic hydroxyl groups excluding tert-OH is 1. The third-order valence-electron chi connectivity index (χ3n) is 4.71. The van der Waals surface area contributed by atoms with Crippen LogP contribution in [-0.4, -0.2) is 11.2 Å². The van der Waals surface area contributed by atoms with Gasteiger partial charge in [0, 0.05) is 5.92 Å². The average molecular weight is 186 g/mol. The van der Waals surface area contributed by atoms with Gasteiger partial charge in [-0.1, -0.05) is 24.3 Å². The third-order valence-corrected chi connectivity index (χ3v) is 4.71. The number of hydrogen-bond donors (Lipinski definition) is 1. The molecule has 72 valence electrons. The van der Waals surface area contributed by atoms with Crippen molar-refractivity contribution in [3.8, 4) is 0 Å². The Hall–Kier alpha value is -0.820. The molecule has 14 heavy (non-hydrogen) atoms. The summed E-state index contributed by atoms with van der Waals surface area (Å²) in [6, 6.07) is 8.74. The van der Waals surface area contributed by atoms with Crippen LogP contribution in [0, 0.1) is 11.8 Å². The Morgan fingerprint density at radius 3 is 2.64 bits per heavy atom. The highest BCUT2D eigenvalue weighted by Crippen LogP contribution is 2.65. The van der Waals surface area contributed by atoms with Gasteiger partial charge in [0.1, 0.15) is 0 Å². The topological polar surface area (TPSA) is 20.2 Å². The zero-order chi connectivity index (χ0) is 9.28. The Balaban J connectivity index is 1.96. The lowest BCUT2D eigenvalue weighted by molar-refractivity contribution is -0.0810. The first-order valence-corrected chi connectivity index (χ1v) is 5.63. The van der Waals surface area contributed by atoms with Crippen molar-refractivity contribution in [2.75, 3.05) is 0 Å². The summed E-state index contributed by atoms with van der Waals surface area (Å²) in [6.07, 6.45) is 2.47. The van der Waals surface area contributed by atoms with E-state index in [1.54, 1.807) is 5.56 Å². The summed E-state index contributed by atoms with van der Waals surface area (Å²) in [5.74, 6) is 2.64.